The Kier molecular flexibility index (Phi) is 8.63. The summed E-state index contributed by atoms with van der Waals surface area (Å²) in [6.07, 6.45) is 2.83. The summed E-state index contributed by atoms with van der Waals surface area (Å²) in [6.45, 7) is 3.91. The highest BCUT2D eigenvalue weighted by Crippen LogP contribution is 2.38. The van der Waals surface area contributed by atoms with Crippen molar-refractivity contribution < 1.29 is 19.4 Å². The van der Waals surface area contributed by atoms with E-state index in [1.165, 1.54) is 23.0 Å². The number of methoxy groups -OCH3 is 1. The zero-order chi connectivity index (χ0) is 26.9. The van der Waals surface area contributed by atoms with Gasteiger partial charge in [0.25, 0.3) is 5.56 Å². The largest absolute Gasteiger partial charge is 0.506 e. The molecule has 0 unspecified atom stereocenters. The Morgan fingerprint density at radius 2 is 2.00 bits per heavy atom. The van der Waals surface area contributed by atoms with Crippen molar-refractivity contribution in [2.24, 2.45) is 4.99 Å². The second-order valence-electron chi connectivity index (χ2n) is 8.13. The summed E-state index contributed by atoms with van der Waals surface area (Å²) in [7, 11) is 1.54. The van der Waals surface area contributed by atoms with Gasteiger partial charge in [0, 0.05) is 20.1 Å². The minimum atomic E-state index is -0.828. The van der Waals surface area contributed by atoms with E-state index in [0.29, 0.717) is 48.4 Å². The molecular formula is C26H23Br2ClN2O5S. The topological polar surface area (TPSA) is 90.1 Å². The molecule has 3 aromatic rings. The third-order valence-electron chi connectivity index (χ3n) is 5.72. The summed E-state index contributed by atoms with van der Waals surface area (Å²) in [6, 6.07) is 7.84. The van der Waals surface area contributed by atoms with Crippen LogP contribution < -0.4 is 19.6 Å². The summed E-state index contributed by atoms with van der Waals surface area (Å²) in [4.78, 5) is 32.4. The van der Waals surface area contributed by atoms with Crippen molar-refractivity contribution in [2.45, 2.75) is 32.7 Å². The first kappa shape index (κ1) is 27.6. The number of esters is 1. The van der Waals surface area contributed by atoms with E-state index in [4.69, 9.17) is 26.1 Å². The molecular weight excluding hydrogens is 648 g/mol. The highest BCUT2D eigenvalue weighted by atomic mass is 79.9. The Morgan fingerprint density at radius 3 is 2.68 bits per heavy atom. The van der Waals surface area contributed by atoms with Crippen molar-refractivity contribution in [1.29, 1.82) is 0 Å². The van der Waals surface area contributed by atoms with Gasteiger partial charge in [0.2, 0.25) is 0 Å². The molecule has 194 valence electrons. The average molecular weight is 671 g/mol. The lowest BCUT2D eigenvalue weighted by Gasteiger charge is -2.27. The third kappa shape index (κ3) is 5.43. The molecule has 11 heteroatoms. The number of thiazole rings is 1. The molecule has 1 aliphatic rings. The van der Waals surface area contributed by atoms with Crippen LogP contribution in [0.4, 0.5) is 0 Å². The normalized spacial score (nSPS) is 15.4. The molecule has 2 aromatic carbocycles. The van der Waals surface area contributed by atoms with Crippen LogP contribution >= 0.6 is 54.8 Å². The molecule has 0 radical (unpaired) electrons. The van der Waals surface area contributed by atoms with E-state index in [-0.39, 0.29) is 22.9 Å². The predicted octanol–water partition coefficient (Wildman–Crippen LogP) is 5.47. The van der Waals surface area contributed by atoms with E-state index in [9.17, 15) is 14.7 Å². The molecule has 1 aromatic heterocycles. The van der Waals surface area contributed by atoms with Gasteiger partial charge in [-0.1, -0.05) is 68.1 Å². The molecule has 0 amide bonds. The molecule has 4 rings (SSSR count). The maximum absolute atomic E-state index is 13.9. The number of ether oxygens (including phenoxy) is 2. The van der Waals surface area contributed by atoms with Gasteiger partial charge >= 0.3 is 5.97 Å². The molecule has 1 aliphatic heterocycles. The van der Waals surface area contributed by atoms with Crippen LogP contribution in [0.1, 0.15) is 43.9 Å². The Hall–Kier alpha value is -2.40. The smallest absolute Gasteiger partial charge is 0.338 e. The second-order valence-corrected chi connectivity index (χ2v) is 11.4. The molecule has 2 heterocycles. The SMILES string of the molecule is CCCC1=C(C(=O)OCC)[C@@H](c2cc(Br)ccc2OC)n2c(s/c(=C/c3cc(Br)cc(Cl)c3O)c2=O)=N1. The standard InChI is InChI=1S/C26H23Br2ClN2O5S/c1-4-6-18-21(25(34)36-5-2)22(16-11-14(27)7-8-19(16)35-3)31-24(33)20(37-26(31)30-18)10-13-9-15(28)12-17(29)23(13)32/h7-12,22,32H,4-6H2,1-3H3/b20-10+/t22-/m1/s1. The fourth-order valence-corrected chi connectivity index (χ4v) is 6.39. The van der Waals surface area contributed by atoms with Gasteiger partial charge in [-0.05, 0) is 49.8 Å². The molecule has 7 nitrogen and oxygen atoms in total. The minimum Gasteiger partial charge on any atom is -0.506 e. The van der Waals surface area contributed by atoms with E-state index >= 15 is 0 Å². The van der Waals surface area contributed by atoms with E-state index in [0.717, 1.165) is 10.9 Å². The van der Waals surface area contributed by atoms with E-state index < -0.39 is 12.0 Å². The summed E-state index contributed by atoms with van der Waals surface area (Å²) < 4.78 is 14.3. The fraction of sp³-hybridized carbons (Fsp3) is 0.269. The number of phenolic OH excluding ortho intramolecular Hbond substituents is 1. The van der Waals surface area contributed by atoms with Gasteiger partial charge in [-0.2, -0.15) is 0 Å². The first-order valence-corrected chi connectivity index (χ1v) is 14.2. The quantitative estimate of drug-likeness (QED) is 0.337. The lowest BCUT2D eigenvalue weighted by atomic mass is 9.93. The first-order chi connectivity index (χ1) is 17.7. The Labute approximate surface area is 239 Å². The number of aromatic nitrogens is 1. The molecule has 0 fully saturated rings. The third-order valence-corrected chi connectivity index (χ3v) is 7.94. The van der Waals surface area contributed by atoms with Gasteiger partial charge in [-0.3, -0.25) is 9.36 Å². The number of hydrogen-bond acceptors (Lipinski definition) is 7. The minimum absolute atomic E-state index is 0.139. The van der Waals surface area contributed by atoms with E-state index in [1.807, 2.05) is 19.1 Å². The zero-order valence-electron chi connectivity index (χ0n) is 20.2. The number of nitrogens with zero attached hydrogens (tertiary/aromatic N) is 2. The number of carbonyl (C=O) groups excluding carboxylic acids is 1. The van der Waals surface area contributed by atoms with E-state index in [1.54, 1.807) is 31.2 Å². The van der Waals surface area contributed by atoms with Gasteiger partial charge in [0.1, 0.15) is 17.5 Å². The van der Waals surface area contributed by atoms with Crippen LogP contribution in [0.2, 0.25) is 5.02 Å². The molecule has 0 aliphatic carbocycles. The van der Waals surface area contributed by atoms with Crippen molar-refractivity contribution in [3.05, 3.63) is 86.4 Å². The predicted molar refractivity (Wildman–Crippen MR) is 151 cm³/mol. The van der Waals surface area contributed by atoms with Crippen molar-refractivity contribution in [3.63, 3.8) is 0 Å². The van der Waals surface area contributed by atoms with Gasteiger partial charge in [0.05, 0.1) is 34.5 Å². The Bertz CT molecular complexity index is 1600. The van der Waals surface area contributed by atoms with Crippen LogP contribution in [0.5, 0.6) is 11.5 Å². The molecule has 1 atom stereocenters. The highest BCUT2D eigenvalue weighted by molar-refractivity contribution is 9.10. The number of carbonyl (C=O) groups is 1. The number of hydrogen-bond donors (Lipinski definition) is 1. The highest BCUT2D eigenvalue weighted by Gasteiger charge is 2.36. The monoisotopic (exact) mass is 668 g/mol. The van der Waals surface area contributed by atoms with Crippen molar-refractivity contribution >= 4 is 66.8 Å². The summed E-state index contributed by atoms with van der Waals surface area (Å²) in [5.74, 6) is -0.161. The number of aromatic hydroxyl groups is 1. The average Bonchev–Trinajstić information content (AvgIpc) is 3.16. The van der Waals surface area contributed by atoms with Crippen LogP contribution in [-0.4, -0.2) is 29.4 Å². The van der Waals surface area contributed by atoms with Crippen LogP contribution in [0, 0.1) is 0 Å². The van der Waals surface area contributed by atoms with E-state index in [2.05, 4.69) is 31.9 Å². The van der Waals surface area contributed by atoms with Crippen molar-refractivity contribution in [1.82, 2.24) is 4.57 Å². The van der Waals surface area contributed by atoms with Gasteiger partial charge in [-0.15, -0.1) is 0 Å². The molecule has 1 N–H and O–H groups in total. The molecule has 0 bridgehead atoms. The van der Waals surface area contributed by atoms with Gasteiger partial charge in [-0.25, -0.2) is 9.79 Å². The summed E-state index contributed by atoms with van der Waals surface area (Å²) >= 11 is 14.2. The maximum Gasteiger partial charge on any atom is 0.338 e. The fourth-order valence-electron chi connectivity index (χ4n) is 4.17. The second kappa shape index (κ2) is 11.6. The number of allylic oxidation sites excluding steroid dienone is 1. The Balaban J connectivity index is 2.08. The van der Waals surface area contributed by atoms with Crippen molar-refractivity contribution in [2.75, 3.05) is 13.7 Å². The Morgan fingerprint density at radius 1 is 1.24 bits per heavy atom. The zero-order valence-corrected chi connectivity index (χ0v) is 24.9. The van der Waals surface area contributed by atoms with Crippen LogP contribution in [-0.2, 0) is 9.53 Å². The molecule has 37 heavy (non-hydrogen) atoms. The van der Waals surface area contributed by atoms with Crippen molar-refractivity contribution in [3.8, 4) is 11.5 Å². The van der Waals surface area contributed by atoms with Gasteiger partial charge < -0.3 is 14.6 Å². The lowest BCUT2D eigenvalue weighted by Crippen LogP contribution is -2.40. The molecule has 0 spiro atoms. The lowest BCUT2D eigenvalue weighted by molar-refractivity contribution is -0.139. The van der Waals surface area contributed by atoms with Gasteiger partial charge in [0.15, 0.2) is 4.80 Å². The molecule has 0 saturated carbocycles. The van der Waals surface area contributed by atoms with Crippen LogP contribution in [0.15, 0.2) is 60.3 Å². The maximum atomic E-state index is 13.9. The van der Waals surface area contributed by atoms with Crippen LogP contribution in [0.3, 0.4) is 0 Å². The summed E-state index contributed by atoms with van der Waals surface area (Å²) in [5, 5.41) is 10.6. The summed E-state index contributed by atoms with van der Waals surface area (Å²) in [5.41, 5.74) is 1.48. The van der Waals surface area contributed by atoms with Crippen LogP contribution in [0.25, 0.3) is 6.08 Å². The number of rotatable bonds is 7. The number of phenols is 1. The number of benzene rings is 2. The molecule has 0 saturated heterocycles. The first-order valence-electron chi connectivity index (χ1n) is 11.4. The number of fused-ring (bicyclic) bond motifs is 1. The number of halogens is 3.